The van der Waals surface area contributed by atoms with Gasteiger partial charge in [0.1, 0.15) is 0 Å². The Morgan fingerprint density at radius 1 is 0.328 bits per heavy atom. The summed E-state index contributed by atoms with van der Waals surface area (Å²) in [6.45, 7) is 4.93. The van der Waals surface area contributed by atoms with E-state index in [0.717, 1.165) is 38.8 Å². The van der Waals surface area contributed by atoms with Crippen molar-refractivity contribution in [3.05, 3.63) is 24.3 Å². The molecule has 0 radical (unpaired) electrons. The standard InChI is InChI=1S/C54H105NO3/c1-2-3-4-5-6-7-8-9-14-19-24-29-34-39-44-49-54(58)55(50-45-40-35-30-25-20-15-10-12-17-22-27-32-37-42-47-52-56)51-46-41-36-31-26-21-16-11-13-18-23-28-33-38-43-48-53-57/h10-13,56-57H,2-9,14-53H2,1H3/b12-10-,13-11-. The minimum absolute atomic E-state index is 0.345. The van der Waals surface area contributed by atoms with Crippen molar-refractivity contribution in [1.82, 2.24) is 4.90 Å². The van der Waals surface area contributed by atoms with Crippen molar-refractivity contribution >= 4 is 5.91 Å². The molecule has 0 saturated carbocycles. The Bertz CT molecular complexity index is 781. The number of amides is 1. The Balaban J connectivity index is 4.15. The van der Waals surface area contributed by atoms with E-state index in [-0.39, 0.29) is 0 Å². The third kappa shape index (κ3) is 47.5. The highest BCUT2D eigenvalue weighted by atomic mass is 16.3. The zero-order valence-corrected chi connectivity index (χ0v) is 39.5. The second-order valence-corrected chi connectivity index (χ2v) is 18.1. The van der Waals surface area contributed by atoms with Gasteiger partial charge < -0.3 is 15.1 Å². The molecule has 0 aromatic carbocycles. The van der Waals surface area contributed by atoms with E-state index < -0.39 is 0 Å². The molecule has 0 aromatic heterocycles. The van der Waals surface area contributed by atoms with Crippen LogP contribution < -0.4 is 0 Å². The average molecular weight is 816 g/mol. The molecular weight excluding hydrogens is 711 g/mol. The van der Waals surface area contributed by atoms with E-state index in [1.165, 1.54) is 257 Å². The first-order valence-corrected chi connectivity index (χ1v) is 26.6. The van der Waals surface area contributed by atoms with E-state index in [1.54, 1.807) is 0 Å². The lowest BCUT2D eigenvalue weighted by atomic mass is 10.0. The van der Waals surface area contributed by atoms with Gasteiger partial charge in [-0.05, 0) is 83.5 Å². The van der Waals surface area contributed by atoms with E-state index in [2.05, 4.69) is 36.1 Å². The summed E-state index contributed by atoms with van der Waals surface area (Å²) in [5.41, 5.74) is 0. The zero-order valence-electron chi connectivity index (χ0n) is 39.5. The van der Waals surface area contributed by atoms with Gasteiger partial charge in [-0.15, -0.1) is 0 Å². The van der Waals surface area contributed by atoms with Gasteiger partial charge in [-0.2, -0.15) is 0 Å². The third-order valence-electron chi connectivity index (χ3n) is 12.3. The second kappa shape index (κ2) is 52.0. The van der Waals surface area contributed by atoms with E-state index in [4.69, 9.17) is 10.2 Å². The van der Waals surface area contributed by atoms with Crippen molar-refractivity contribution in [3.63, 3.8) is 0 Å². The van der Waals surface area contributed by atoms with Crippen LogP contribution in [0.4, 0.5) is 0 Å². The summed E-state index contributed by atoms with van der Waals surface area (Å²) in [5.74, 6) is 0.427. The molecule has 0 aromatic rings. The molecule has 1 amide bonds. The number of hydrogen-bond donors (Lipinski definition) is 2. The van der Waals surface area contributed by atoms with Crippen LogP contribution in [0.3, 0.4) is 0 Å². The van der Waals surface area contributed by atoms with Gasteiger partial charge in [0.15, 0.2) is 0 Å². The number of carbonyl (C=O) groups is 1. The number of carbonyl (C=O) groups excluding carboxylic acids is 1. The van der Waals surface area contributed by atoms with Crippen LogP contribution in [-0.4, -0.2) is 47.3 Å². The Kier molecular flexibility index (Phi) is 51.0. The van der Waals surface area contributed by atoms with E-state index >= 15 is 0 Å². The van der Waals surface area contributed by atoms with Crippen LogP contribution >= 0.6 is 0 Å². The Labute approximate surface area is 364 Å². The maximum Gasteiger partial charge on any atom is 0.222 e. The molecule has 0 unspecified atom stereocenters. The van der Waals surface area contributed by atoms with E-state index in [1.807, 2.05) is 0 Å². The predicted molar refractivity (Wildman–Crippen MR) is 258 cm³/mol. The normalized spacial score (nSPS) is 11.8. The molecule has 58 heavy (non-hydrogen) atoms. The predicted octanol–water partition coefficient (Wildman–Crippen LogP) is 17.1. The summed E-state index contributed by atoms with van der Waals surface area (Å²) < 4.78 is 0. The van der Waals surface area contributed by atoms with Gasteiger partial charge in [-0.1, -0.05) is 224 Å². The fourth-order valence-electron chi connectivity index (χ4n) is 8.34. The van der Waals surface area contributed by atoms with E-state index in [9.17, 15) is 4.79 Å². The van der Waals surface area contributed by atoms with Crippen LogP contribution in [0.5, 0.6) is 0 Å². The maximum atomic E-state index is 13.4. The van der Waals surface area contributed by atoms with Gasteiger partial charge in [0.25, 0.3) is 0 Å². The third-order valence-corrected chi connectivity index (χ3v) is 12.3. The number of allylic oxidation sites excluding steroid dienone is 4. The Hall–Kier alpha value is -1.13. The topological polar surface area (TPSA) is 60.8 Å². The molecule has 0 fully saturated rings. The van der Waals surface area contributed by atoms with Crippen LogP contribution in [0.15, 0.2) is 24.3 Å². The average Bonchev–Trinajstić information content (AvgIpc) is 3.23. The highest BCUT2D eigenvalue weighted by molar-refractivity contribution is 5.76. The van der Waals surface area contributed by atoms with Gasteiger partial charge in [0.05, 0.1) is 0 Å². The van der Waals surface area contributed by atoms with Gasteiger partial charge in [-0.3, -0.25) is 4.79 Å². The molecule has 4 nitrogen and oxygen atoms in total. The van der Waals surface area contributed by atoms with Crippen molar-refractivity contribution in [2.45, 2.75) is 289 Å². The zero-order chi connectivity index (χ0) is 41.9. The molecule has 0 spiro atoms. The minimum Gasteiger partial charge on any atom is -0.396 e. The first-order chi connectivity index (χ1) is 28.8. The van der Waals surface area contributed by atoms with Crippen LogP contribution in [0.25, 0.3) is 0 Å². The number of hydrogen-bond acceptors (Lipinski definition) is 3. The molecule has 4 heteroatoms. The highest BCUT2D eigenvalue weighted by Gasteiger charge is 2.12. The number of nitrogens with zero attached hydrogens (tertiary/aromatic N) is 1. The van der Waals surface area contributed by atoms with Gasteiger partial charge >= 0.3 is 0 Å². The molecule has 344 valence electrons. The SMILES string of the molecule is CCCCCCCCCCCCCCCCCC(=O)N(CCCCCCCC/C=C\CCCCCCCCO)CCCCCCCC/C=C\CCCCCCCCO. The number of rotatable bonds is 50. The van der Waals surface area contributed by atoms with Crippen molar-refractivity contribution < 1.29 is 15.0 Å². The highest BCUT2D eigenvalue weighted by Crippen LogP contribution is 2.17. The van der Waals surface area contributed by atoms with Crippen molar-refractivity contribution in [3.8, 4) is 0 Å². The monoisotopic (exact) mass is 816 g/mol. The fraction of sp³-hybridized carbons (Fsp3) is 0.907. The molecule has 0 saturated heterocycles. The molecular formula is C54H105NO3. The van der Waals surface area contributed by atoms with Gasteiger partial charge in [0, 0.05) is 32.7 Å². The summed E-state index contributed by atoms with van der Waals surface area (Å²) in [6.07, 6.45) is 65.9. The van der Waals surface area contributed by atoms with Crippen LogP contribution in [0, 0.1) is 0 Å². The molecule has 0 rings (SSSR count). The second-order valence-electron chi connectivity index (χ2n) is 18.1. The quantitative estimate of drug-likeness (QED) is 0.0475. The van der Waals surface area contributed by atoms with Crippen LogP contribution in [0.2, 0.25) is 0 Å². The van der Waals surface area contributed by atoms with Crippen molar-refractivity contribution in [2.75, 3.05) is 26.3 Å². The number of unbranched alkanes of at least 4 members (excludes halogenated alkanes) is 38. The molecule has 2 N–H and O–H groups in total. The molecule has 0 heterocycles. The van der Waals surface area contributed by atoms with Crippen LogP contribution in [0.1, 0.15) is 289 Å². The largest absolute Gasteiger partial charge is 0.396 e. The van der Waals surface area contributed by atoms with Crippen molar-refractivity contribution in [2.24, 2.45) is 0 Å². The van der Waals surface area contributed by atoms with Crippen molar-refractivity contribution in [1.29, 1.82) is 0 Å². The molecule has 0 aliphatic rings. The summed E-state index contributed by atoms with van der Waals surface area (Å²) in [7, 11) is 0. The van der Waals surface area contributed by atoms with Gasteiger partial charge in [-0.25, -0.2) is 0 Å². The number of aliphatic hydroxyl groups excluding tert-OH is 2. The Morgan fingerprint density at radius 2 is 0.569 bits per heavy atom. The Morgan fingerprint density at radius 3 is 0.862 bits per heavy atom. The first-order valence-electron chi connectivity index (χ1n) is 26.6. The maximum absolute atomic E-state index is 13.4. The summed E-state index contributed by atoms with van der Waals surface area (Å²) in [6, 6.07) is 0. The smallest absolute Gasteiger partial charge is 0.222 e. The molecule has 0 aliphatic carbocycles. The van der Waals surface area contributed by atoms with E-state index in [0.29, 0.717) is 19.1 Å². The lowest BCUT2D eigenvalue weighted by Crippen LogP contribution is -2.32. The molecule has 0 aliphatic heterocycles. The molecule has 0 atom stereocenters. The minimum atomic E-state index is 0.345. The number of aliphatic hydroxyl groups is 2. The first kappa shape index (κ1) is 56.9. The van der Waals surface area contributed by atoms with Gasteiger partial charge in [0.2, 0.25) is 5.91 Å². The summed E-state index contributed by atoms with van der Waals surface area (Å²) in [5, 5.41) is 17.7. The lowest BCUT2D eigenvalue weighted by molar-refractivity contribution is -0.131. The fourth-order valence-corrected chi connectivity index (χ4v) is 8.34. The molecule has 0 bridgehead atoms. The summed E-state index contributed by atoms with van der Waals surface area (Å²) in [4.78, 5) is 15.6. The summed E-state index contributed by atoms with van der Waals surface area (Å²) >= 11 is 0. The lowest BCUT2D eigenvalue weighted by Gasteiger charge is -2.23. The van der Waals surface area contributed by atoms with Crippen LogP contribution in [-0.2, 0) is 4.79 Å².